The third-order valence-corrected chi connectivity index (χ3v) is 6.98. The zero-order chi connectivity index (χ0) is 24.4. The molecule has 8 heteroatoms. The summed E-state index contributed by atoms with van der Waals surface area (Å²) in [7, 11) is 0. The highest BCUT2D eigenvalue weighted by molar-refractivity contribution is 5.81. The van der Waals surface area contributed by atoms with Crippen molar-refractivity contribution in [2.45, 2.75) is 5.41 Å². The molecule has 0 radical (unpaired) electrons. The Hall–Kier alpha value is -5.24. The second-order valence-electron chi connectivity index (χ2n) is 9.16. The van der Waals surface area contributed by atoms with E-state index >= 15 is 0 Å². The van der Waals surface area contributed by atoms with Gasteiger partial charge in [0.15, 0.2) is 0 Å². The first-order valence-electron chi connectivity index (χ1n) is 12.1. The molecule has 8 nitrogen and oxygen atoms in total. The molecule has 0 spiro atoms. The molecule has 0 aliphatic carbocycles. The molecule has 4 aromatic heterocycles. The van der Waals surface area contributed by atoms with Crippen LogP contribution in [0.4, 0.5) is 0 Å². The normalized spacial score (nSPS) is 12.3. The quantitative estimate of drug-likeness (QED) is 0.263. The smallest absolute Gasteiger partial charge is 0.200 e. The summed E-state index contributed by atoms with van der Waals surface area (Å²) in [6.45, 7) is 0. The summed E-state index contributed by atoms with van der Waals surface area (Å²) in [6.07, 6.45) is 0. The van der Waals surface area contributed by atoms with Gasteiger partial charge in [0.25, 0.3) is 0 Å². The van der Waals surface area contributed by atoms with Gasteiger partial charge in [-0.3, -0.25) is 0 Å². The molecule has 37 heavy (non-hydrogen) atoms. The van der Waals surface area contributed by atoms with Crippen molar-refractivity contribution in [2.75, 3.05) is 0 Å². The Balaban J connectivity index is 1.56. The Kier molecular flexibility index (Phi) is 3.99. The molecule has 4 N–H and O–H groups in total. The molecule has 0 aliphatic heterocycles. The van der Waals surface area contributed by atoms with Gasteiger partial charge in [0.2, 0.25) is 5.41 Å². The van der Waals surface area contributed by atoms with E-state index in [4.69, 9.17) is 19.9 Å². The van der Waals surface area contributed by atoms with Crippen LogP contribution in [0, 0.1) is 0 Å². The van der Waals surface area contributed by atoms with Gasteiger partial charge in [-0.25, -0.2) is 19.9 Å². The predicted octanol–water partition coefficient (Wildman–Crippen LogP) is 5.57. The maximum atomic E-state index is 5.09. The number of hydrogen-bond donors (Lipinski definition) is 4. The maximum absolute atomic E-state index is 5.09. The second kappa shape index (κ2) is 7.38. The lowest BCUT2D eigenvalue weighted by molar-refractivity contribution is 0.588. The number of nitrogens with zero attached hydrogens (tertiary/aromatic N) is 4. The van der Waals surface area contributed by atoms with E-state index in [1.165, 1.54) is 0 Å². The summed E-state index contributed by atoms with van der Waals surface area (Å²) in [5.74, 6) is 2.63. The van der Waals surface area contributed by atoms with Crippen LogP contribution >= 0.6 is 0 Å². The Morgan fingerprint density at radius 1 is 0.351 bits per heavy atom. The van der Waals surface area contributed by atoms with Crippen LogP contribution in [-0.2, 0) is 5.41 Å². The van der Waals surface area contributed by atoms with E-state index in [1.807, 2.05) is 97.1 Å². The lowest BCUT2D eigenvalue weighted by Crippen LogP contribution is -2.36. The number of para-hydroxylation sites is 8. The molecule has 8 rings (SSSR count). The van der Waals surface area contributed by atoms with Gasteiger partial charge in [-0.1, -0.05) is 48.5 Å². The number of aromatic amines is 4. The fourth-order valence-electron chi connectivity index (χ4n) is 5.19. The Morgan fingerprint density at radius 3 is 0.838 bits per heavy atom. The van der Waals surface area contributed by atoms with E-state index in [-0.39, 0.29) is 0 Å². The zero-order valence-electron chi connectivity index (χ0n) is 19.5. The first kappa shape index (κ1) is 20.0. The van der Waals surface area contributed by atoms with E-state index in [2.05, 4.69) is 19.9 Å². The second-order valence-corrected chi connectivity index (χ2v) is 9.16. The van der Waals surface area contributed by atoms with Crippen molar-refractivity contribution in [3.63, 3.8) is 0 Å². The Morgan fingerprint density at radius 2 is 0.595 bits per heavy atom. The van der Waals surface area contributed by atoms with Gasteiger partial charge in [0, 0.05) is 0 Å². The highest BCUT2D eigenvalue weighted by atomic mass is 15.1. The van der Waals surface area contributed by atoms with E-state index in [9.17, 15) is 0 Å². The highest BCUT2D eigenvalue weighted by Gasteiger charge is 2.50. The van der Waals surface area contributed by atoms with Crippen LogP contribution in [0.1, 0.15) is 23.3 Å². The molecular weight excluding hydrogens is 460 g/mol. The van der Waals surface area contributed by atoms with Crippen molar-refractivity contribution < 1.29 is 0 Å². The predicted molar refractivity (Wildman–Crippen MR) is 143 cm³/mol. The minimum atomic E-state index is -1.12. The van der Waals surface area contributed by atoms with Crippen LogP contribution in [0.3, 0.4) is 0 Å². The average Bonchev–Trinajstić information content (AvgIpc) is 3.73. The monoisotopic (exact) mass is 480 g/mol. The van der Waals surface area contributed by atoms with Crippen molar-refractivity contribution >= 4 is 44.1 Å². The number of rotatable bonds is 4. The minimum absolute atomic E-state index is 0.658. The lowest BCUT2D eigenvalue weighted by Gasteiger charge is -2.26. The summed E-state index contributed by atoms with van der Waals surface area (Å²) in [6, 6.07) is 32.0. The summed E-state index contributed by atoms with van der Waals surface area (Å²) < 4.78 is 0. The first-order valence-corrected chi connectivity index (χ1v) is 12.1. The number of H-pyrrole nitrogens is 4. The number of nitrogens with one attached hydrogen (secondary N) is 4. The van der Waals surface area contributed by atoms with Crippen molar-refractivity contribution in [2.24, 2.45) is 0 Å². The van der Waals surface area contributed by atoms with Crippen LogP contribution in [0.25, 0.3) is 44.1 Å². The summed E-state index contributed by atoms with van der Waals surface area (Å²) in [5.41, 5.74) is 5.98. The van der Waals surface area contributed by atoms with Crippen molar-refractivity contribution in [3.05, 3.63) is 120 Å². The molecule has 4 aromatic carbocycles. The fraction of sp³-hybridized carbons (Fsp3) is 0.0345. The standard InChI is InChI=1S/C29H20N8/c1-2-10-18-17(9-1)30-25(31-18)29(26-32-19-11-3-4-12-20(19)33-26,27-34-21-13-5-6-14-22(21)35-27)28-36-23-15-7-8-16-24(23)37-28/h1-16H,(H,30,31)(H,32,33)(H,34,35)(H,36,37). The lowest BCUT2D eigenvalue weighted by atomic mass is 9.84. The largest absolute Gasteiger partial charge is 0.340 e. The number of fused-ring (bicyclic) bond motifs is 4. The van der Waals surface area contributed by atoms with Crippen LogP contribution in [0.2, 0.25) is 0 Å². The van der Waals surface area contributed by atoms with Gasteiger partial charge in [-0.2, -0.15) is 0 Å². The SMILES string of the molecule is c1ccc2[nH]c(C(c3nc4ccccc4[nH]3)(c3nc4ccccc4[nH]3)c3nc4ccccc4[nH]3)nc2c1. The zero-order valence-corrected chi connectivity index (χ0v) is 19.5. The van der Waals surface area contributed by atoms with E-state index < -0.39 is 5.41 Å². The van der Waals surface area contributed by atoms with E-state index in [0.29, 0.717) is 23.3 Å². The molecule has 176 valence electrons. The Labute approximate surface area is 209 Å². The number of benzene rings is 4. The molecule has 0 aliphatic rings. The summed E-state index contributed by atoms with van der Waals surface area (Å²) in [4.78, 5) is 34.7. The molecular formula is C29H20N8. The number of aromatic nitrogens is 8. The minimum Gasteiger partial charge on any atom is -0.340 e. The Bertz CT molecular complexity index is 1640. The molecule has 0 amide bonds. The van der Waals surface area contributed by atoms with Crippen molar-refractivity contribution in [1.29, 1.82) is 0 Å². The molecule has 8 aromatic rings. The van der Waals surface area contributed by atoms with E-state index in [1.54, 1.807) is 0 Å². The summed E-state index contributed by atoms with van der Waals surface area (Å²) >= 11 is 0. The fourth-order valence-corrected chi connectivity index (χ4v) is 5.19. The summed E-state index contributed by atoms with van der Waals surface area (Å²) in [5, 5.41) is 0. The maximum Gasteiger partial charge on any atom is 0.200 e. The molecule has 0 saturated carbocycles. The molecule has 0 saturated heterocycles. The van der Waals surface area contributed by atoms with Gasteiger partial charge in [-0.15, -0.1) is 0 Å². The number of imidazole rings is 4. The van der Waals surface area contributed by atoms with Crippen LogP contribution in [0.15, 0.2) is 97.1 Å². The van der Waals surface area contributed by atoms with Crippen LogP contribution in [-0.4, -0.2) is 39.9 Å². The van der Waals surface area contributed by atoms with Crippen molar-refractivity contribution in [1.82, 2.24) is 39.9 Å². The van der Waals surface area contributed by atoms with Gasteiger partial charge in [0.1, 0.15) is 23.3 Å². The van der Waals surface area contributed by atoms with Crippen LogP contribution in [0.5, 0.6) is 0 Å². The van der Waals surface area contributed by atoms with Gasteiger partial charge < -0.3 is 19.9 Å². The average molecular weight is 481 g/mol. The molecule has 4 heterocycles. The van der Waals surface area contributed by atoms with Gasteiger partial charge >= 0.3 is 0 Å². The van der Waals surface area contributed by atoms with Gasteiger partial charge in [0.05, 0.1) is 44.1 Å². The van der Waals surface area contributed by atoms with Crippen LogP contribution < -0.4 is 0 Å². The highest BCUT2D eigenvalue weighted by Crippen LogP contribution is 2.42. The third-order valence-electron chi connectivity index (χ3n) is 6.98. The molecule has 0 fully saturated rings. The van der Waals surface area contributed by atoms with E-state index in [0.717, 1.165) is 44.1 Å². The van der Waals surface area contributed by atoms with Crippen molar-refractivity contribution in [3.8, 4) is 0 Å². The first-order chi connectivity index (χ1) is 18.3. The molecule has 0 bridgehead atoms. The third kappa shape index (κ3) is 2.83. The van der Waals surface area contributed by atoms with Gasteiger partial charge in [-0.05, 0) is 48.5 Å². The molecule has 0 unspecified atom stereocenters. The topological polar surface area (TPSA) is 115 Å². The number of hydrogen-bond acceptors (Lipinski definition) is 4. The molecule has 0 atom stereocenters.